The standard InChI is InChI=1S/C22H17ClN6O/c1-13-9-14(27-22-21-16(24-11-25-22)5-8-20(23)28-21)3-7-19(13)30-15-4-6-18-17(10-15)26-12-29(18)2/h3-12H,1-2H3,(H,24,25,27)/i2D3. The highest BCUT2D eigenvalue weighted by atomic mass is 35.5. The number of nitrogens with one attached hydrogen (secondary N) is 1. The van der Waals surface area contributed by atoms with Crippen LogP contribution in [0.2, 0.25) is 5.15 Å². The molecule has 3 heterocycles. The molecular weight excluding hydrogens is 400 g/mol. The third-order valence-corrected chi connectivity index (χ3v) is 4.84. The lowest BCUT2D eigenvalue weighted by Gasteiger charge is -2.12. The molecule has 30 heavy (non-hydrogen) atoms. The summed E-state index contributed by atoms with van der Waals surface area (Å²) in [4.78, 5) is 17.0. The van der Waals surface area contributed by atoms with Gasteiger partial charge in [0.2, 0.25) is 0 Å². The van der Waals surface area contributed by atoms with E-state index in [0.29, 0.717) is 44.5 Å². The van der Waals surface area contributed by atoms with Crippen molar-refractivity contribution in [2.75, 3.05) is 5.32 Å². The summed E-state index contributed by atoms with van der Waals surface area (Å²) >= 11 is 6.03. The number of hydrogen-bond donors (Lipinski definition) is 1. The van der Waals surface area contributed by atoms with E-state index in [1.165, 1.54) is 12.7 Å². The molecule has 2 aromatic carbocycles. The van der Waals surface area contributed by atoms with Gasteiger partial charge >= 0.3 is 0 Å². The number of imidazole rings is 1. The number of fused-ring (bicyclic) bond motifs is 2. The van der Waals surface area contributed by atoms with Crippen molar-refractivity contribution >= 4 is 45.2 Å². The van der Waals surface area contributed by atoms with Gasteiger partial charge in [0, 0.05) is 22.8 Å². The quantitative estimate of drug-likeness (QED) is 0.392. The van der Waals surface area contributed by atoms with Crippen LogP contribution < -0.4 is 10.1 Å². The summed E-state index contributed by atoms with van der Waals surface area (Å²) in [6, 6.07) is 14.2. The van der Waals surface area contributed by atoms with Gasteiger partial charge in [-0.3, -0.25) is 0 Å². The SMILES string of the molecule is [2H]C([2H])([2H])n1cnc2cc(Oc3ccc(Nc4ncnc5ccc(Cl)nc45)cc3C)ccc21. The molecule has 5 rings (SSSR count). The summed E-state index contributed by atoms with van der Waals surface area (Å²) < 4.78 is 30.0. The summed E-state index contributed by atoms with van der Waals surface area (Å²) in [6.45, 7) is -0.359. The van der Waals surface area contributed by atoms with Crippen LogP contribution in [-0.2, 0) is 6.98 Å². The first-order valence-corrected chi connectivity index (χ1v) is 9.46. The molecule has 0 fully saturated rings. The summed E-state index contributed by atoms with van der Waals surface area (Å²) in [6.07, 6.45) is 2.78. The van der Waals surface area contributed by atoms with Gasteiger partial charge in [0.15, 0.2) is 5.82 Å². The molecule has 7 nitrogen and oxygen atoms in total. The maximum atomic E-state index is 7.59. The third-order valence-electron chi connectivity index (χ3n) is 4.63. The van der Waals surface area contributed by atoms with Crippen LogP contribution in [0.3, 0.4) is 0 Å². The van der Waals surface area contributed by atoms with Gasteiger partial charge in [0.25, 0.3) is 0 Å². The Morgan fingerprint density at radius 3 is 2.83 bits per heavy atom. The predicted octanol–water partition coefficient (Wildman–Crippen LogP) is 5.41. The Labute approximate surface area is 181 Å². The van der Waals surface area contributed by atoms with Crippen LogP contribution in [0.5, 0.6) is 11.5 Å². The van der Waals surface area contributed by atoms with Crippen LogP contribution in [0.4, 0.5) is 11.5 Å². The Bertz CT molecular complexity index is 1500. The number of rotatable bonds is 4. The van der Waals surface area contributed by atoms with Gasteiger partial charge in [-0.15, -0.1) is 0 Å². The topological polar surface area (TPSA) is 77.8 Å². The minimum Gasteiger partial charge on any atom is -0.457 e. The van der Waals surface area contributed by atoms with Crippen LogP contribution in [0.15, 0.2) is 61.2 Å². The van der Waals surface area contributed by atoms with Crippen molar-refractivity contribution < 1.29 is 8.85 Å². The zero-order chi connectivity index (χ0) is 23.2. The van der Waals surface area contributed by atoms with Gasteiger partial charge in [0.1, 0.15) is 28.5 Å². The Balaban J connectivity index is 1.39. The molecule has 0 atom stereocenters. The van der Waals surface area contributed by atoms with Gasteiger partial charge in [0.05, 0.1) is 22.9 Å². The van der Waals surface area contributed by atoms with E-state index in [2.05, 4.69) is 25.3 Å². The minimum absolute atomic E-state index is 0.362. The molecule has 0 aliphatic rings. The van der Waals surface area contributed by atoms with Crippen LogP contribution in [0.25, 0.3) is 22.1 Å². The molecule has 5 aromatic rings. The normalized spacial score (nSPS) is 13.1. The van der Waals surface area contributed by atoms with Crippen molar-refractivity contribution in [3.63, 3.8) is 0 Å². The summed E-state index contributed by atoms with van der Waals surface area (Å²) in [5.41, 5.74) is 4.01. The highest BCUT2D eigenvalue weighted by molar-refractivity contribution is 6.29. The highest BCUT2D eigenvalue weighted by Gasteiger charge is 2.09. The van der Waals surface area contributed by atoms with Crippen LogP contribution in [0.1, 0.15) is 9.68 Å². The third kappa shape index (κ3) is 3.40. The second-order valence-electron chi connectivity index (χ2n) is 6.70. The van der Waals surface area contributed by atoms with Gasteiger partial charge in [-0.1, -0.05) is 11.6 Å². The fourth-order valence-electron chi connectivity index (χ4n) is 3.17. The lowest BCUT2D eigenvalue weighted by atomic mass is 10.2. The van der Waals surface area contributed by atoms with E-state index in [0.717, 1.165) is 15.8 Å². The molecule has 0 radical (unpaired) electrons. The molecule has 0 amide bonds. The zero-order valence-electron chi connectivity index (χ0n) is 18.8. The maximum absolute atomic E-state index is 7.59. The van der Waals surface area contributed by atoms with Gasteiger partial charge in [-0.25, -0.2) is 19.9 Å². The Kier molecular flexibility index (Phi) is 3.68. The molecule has 0 unspecified atom stereocenters. The highest BCUT2D eigenvalue weighted by Crippen LogP contribution is 2.30. The summed E-state index contributed by atoms with van der Waals surface area (Å²) in [7, 11) is 0. The number of pyridine rings is 1. The van der Waals surface area contributed by atoms with Gasteiger partial charge < -0.3 is 14.6 Å². The molecule has 0 saturated carbocycles. The molecule has 0 aliphatic carbocycles. The smallest absolute Gasteiger partial charge is 0.160 e. The lowest BCUT2D eigenvalue weighted by molar-refractivity contribution is 0.479. The first-order valence-electron chi connectivity index (χ1n) is 10.6. The monoisotopic (exact) mass is 419 g/mol. The first-order chi connectivity index (χ1) is 15.8. The Morgan fingerprint density at radius 2 is 1.97 bits per heavy atom. The molecule has 148 valence electrons. The fraction of sp³-hybridized carbons (Fsp3) is 0.0909. The van der Waals surface area contributed by atoms with Crippen molar-refractivity contribution in [3.05, 3.63) is 71.9 Å². The molecule has 3 aromatic heterocycles. The summed E-state index contributed by atoms with van der Waals surface area (Å²) in [5, 5.41) is 3.62. The van der Waals surface area contributed by atoms with Crippen molar-refractivity contribution in [2.24, 2.45) is 6.98 Å². The number of anilines is 2. The van der Waals surface area contributed by atoms with Crippen molar-refractivity contribution in [3.8, 4) is 11.5 Å². The van der Waals surface area contributed by atoms with E-state index >= 15 is 0 Å². The molecule has 8 heteroatoms. The second kappa shape index (κ2) is 7.27. The van der Waals surface area contributed by atoms with E-state index in [9.17, 15) is 0 Å². The van der Waals surface area contributed by atoms with E-state index in [1.54, 1.807) is 30.3 Å². The van der Waals surface area contributed by atoms with Crippen molar-refractivity contribution in [1.29, 1.82) is 0 Å². The average molecular weight is 420 g/mol. The van der Waals surface area contributed by atoms with Gasteiger partial charge in [-0.2, -0.15) is 0 Å². The summed E-state index contributed by atoms with van der Waals surface area (Å²) in [5.74, 6) is 1.76. The first kappa shape index (κ1) is 15.2. The minimum atomic E-state index is -2.29. The number of benzene rings is 2. The molecule has 1 N–H and O–H groups in total. The predicted molar refractivity (Wildman–Crippen MR) is 118 cm³/mol. The average Bonchev–Trinajstić information content (AvgIpc) is 3.20. The van der Waals surface area contributed by atoms with E-state index in [4.69, 9.17) is 20.5 Å². The van der Waals surface area contributed by atoms with Crippen molar-refractivity contribution in [1.82, 2.24) is 24.5 Å². The number of nitrogens with zero attached hydrogens (tertiary/aromatic N) is 5. The molecule has 0 saturated heterocycles. The Hall–Kier alpha value is -3.71. The molecule has 0 bridgehead atoms. The number of aryl methyl sites for hydroxylation is 2. The van der Waals surface area contributed by atoms with Crippen molar-refractivity contribution in [2.45, 2.75) is 6.92 Å². The number of aromatic nitrogens is 5. The van der Waals surface area contributed by atoms with E-state index < -0.39 is 6.98 Å². The molecular formula is C22H17ClN6O. The number of hydrogen-bond acceptors (Lipinski definition) is 6. The van der Waals surface area contributed by atoms with E-state index in [1.807, 2.05) is 25.1 Å². The Morgan fingerprint density at radius 1 is 1.03 bits per heavy atom. The zero-order valence-corrected chi connectivity index (χ0v) is 16.6. The fourth-order valence-corrected chi connectivity index (χ4v) is 3.32. The van der Waals surface area contributed by atoms with Crippen LogP contribution in [0, 0.1) is 6.92 Å². The molecule has 0 spiro atoms. The number of ether oxygens (including phenoxy) is 1. The van der Waals surface area contributed by atoms with Crippen LogP contribution in [-0.4, -0.2) is 24.5 Å². The second-order valence-corrected chi connectivity index (χ2v) is 7.08. The molecule has 0 aliphatic heterocycles. The lowest BCUT2D eigenvalue weighted by Crippen LogP contribution is -1.98. The number of halogens is 1. The maximum Gasteiger partial charge on any atom is 0.160 e. The van der Waals surface area contributed by atoms with Gasteiger partial charge in [-0.05, 0) is 55.0 Å². The largest absolute Gasteiger partial charge is 0.457 e. The van der Waals surface area contributed by atoms with E-state index in [-0.39, 0.29) is 0 Å². The van der Waals surface area contributed by atoms with Crippen LogP contribution >= 0.6 is 11.6 Å².